The van der Waals surface area contributed by atoms with Crippen LogP contribution < -0.4 is 0 Å². The molecule has 0 saturated carbocycles. The summed E-state index contributed by atoms with van der Waals surface area (Å²) in [7, 11) is 10.7. The topological polar surface area (TPSA) is 27.1 Å². The van der Waals surface area contributed by atoms with E-state index >= 15 is 0 Å². The van der Waals surface area contributed by atoms with Crippen molar-refractivity contribution in [3.63, 3.8) is 0 Å². The van der Waals surface area contributed by atoms with Crippen LogP contribution in [0.15, 0.2) is 24.5 Å². The predicted octanol–water partition coefficient (Wildman–Crippen LogP) is 9.41. The van der Waals surface area contributed by atoms with Gasteiger partial charge in [0, 0.05) is 32.5 Å². The average molecular weight is 630 g/mol. The molecule has 4 fully saturated rings. The fourth-order valence-corrected chi connectivity index (χ4v) is 4.23. The first-order valence-electron chi connectivity index (χ1n) is 18.9. The normalized spacial score (nSPS) is 18.0. The van der Waals surface area contributed by atoms with Crippen molar-refractivity contribution in [1.29, 1.82) is 0 Å². The average Bonchev–Trinajstić information content (AvgIpc) is 3.72. The molecular weight excluding hydrogens is 542 g/mol. The van der Waals surface area contributed by atoms with Crippen LogP contribution in [0.3, 0.4) is 0 Å². The molecule has 6 heteroatoms. The second kappa shape index (κ2) is 49.0. The summed E-state index contributed by atoms with van der Waals surface area (Å²) in [5.41, 5.74) is 0. The molecule has 270 valence electrons. The number of aromatic nitrogens is 1. The summed E-state index contributed by atoms with van der Waals surface area (Å²) in [6.45, 7) is 31.9. The van der Waals surface area contributed by atoms with Gasteiger partial charge in [-0.15, -0.1) is 0 Å². The smallest absolute Gasteiger partial charge is 0.0594 e. The van der Waals surface area contributed by atoms with E-state index in [4.69, 9.17) is 4.74 Å². The van der Waals surface area contributed by atoms with Crippen molar-refractivity contribution >= 4 is 0 Å². The molecule has 5 rings (SSSR count). The molecule has 5 heterocycles. The number of piperidine rings is 1. The van der Waals surface area contributed by atoms with E-state index in [0.29, 0.717) is 0 Å². The predicted molar refractivity (Wildman–Crippen MR) is 205 cm³/mol. The molecule has 6 nitrogen and oxygen atoms in total. The number of hydrogen-bond acceptors (Lipinski definition) is 5. The van der Waals surface area contributed by atoms with Crippen LogP contribution in [-0.4, -0.2) is 118 Å². The van der Waals surface area contributed by atoms with Crippen LogP contribution in [0.2, 0.25) is 0 Å². The molecule has 44 heavy (non-hydrogen) atoms. The summed E-state index contributed by atoms with van der Waals surface area (Å²) in [5.74, 6) is 0. The summed E-state index contributed by atoms with van der Waals surface area (Å²) < 4.78 is 7.10. The second-order valence-corrected chi connectivity index (χ2v) is 10.4. The van der Waals surface area contributed by atoms with E-state index in [1.54, 1.807) is 0 Å². The van der Waals surface area contributed by atoms with Crippen LogP contribution >= 0.6 is 0 Å². The highest BCUT2D eigenvalue weighted by atomic mass is 16.5. The Morgan fingerprint density at radius 1 is 0.341 bits per heavy atom. The molecule has 0 radical (unpaired) electrons. The molecule has 0 N–H and O–H groups in total. The first kappa shape index (κ1) is 52.6. The Kier molecular flexibility index (Phi) is 58.5. The molecule has 1 aromatic rings. The number of likely N-dealkylation sites (tertiary alicyclic amines) is 3. The second-order valence-electron chi connectivity index (χ2n) is 10.4. The highest BCUT2D eigenvalue weighted by Crippen LogP contribution is 2.07. The molecule has 4 aliphatic rings. The van der Waals surface area contributed by atoms with E-state index in [1.807, 2.05) is 105 Å². The molecule has 1 aromatic heterocycles. The van der Waals surface area contributed by atoms with Crippen LogP contribution in [0.5, 0.6) is 0 Å². The van der Waals surface area contributed by atoms with Gasteiger partial charge >= 0.3 is 0 Å². The molecule has 0 unspecified atom stereocenters. The number of rotatable bonds is 0. The number of aryl methyl sites for hydroxylation is 1. The fraction of sp³-hybridized carbons (Fsp3) is 0.895. The molecule has 4 aliphatic heterocycles. The van der Waals surface area contributed by atoms with Crippen molar-refractivity contribution in [1.82, 2.24) is 24.2 Å². The molecule has 0 aromatic carbocycles. The maximum Gasteiger partial charge on any atom is 0.0594 e. The molecule has 0 spiro atoms. The lowest BCUT2D eigenvalue weighted by atomic mass is 10.1. The minimum atomic E-state index is 0.913. The molecule has 0 aliphatic carbocycles. The van der Waals surface area contributed by atoms with Gasteiger partial charge < -0.3 is 28.9 Å². The van der Waals surface area contributed by atoms with Crippen molar-refractivity contribution < 1.29 is 4.74 Å². The molecule has 4 saturated heterocycles. The van der Waals surface area contributed by atoms with Crippen molar-refractivity contribution in [3.05, 3.63) is 24.5 Å². The minimum absolute atomic E-state index is 0.913. The van der Waals surface area contributed by atoms with Crippen LogP contribution in [-0.2, 0) is 11.8 Å². The van der Waals surface area contributed by atoms with Gasteiger partial charge in [0.05, 0.1) is 13.2 Å². The van der Waals surface area contributed by atoms with Gasteiger partial charge in [-0.05, 0) is 118 Å². The standard InChI is InChI=1S/C7H15N.C6H13N.C5H11NO.C5H11N.C5H7N.5C2H6/c1-8-6-4-2-3-5-7-8;1-7-5-3-2-4-6-7;1-6-2-4-7-5-3-6;2*1-6-4-2-3-5-6;5*1-2/h2-7H2,1H3;2-6H2,1H3;2-5H2,1H3;2-5H2,1H3;2-5H,1H3;5*1-2H3. The lowest BCUT2D eigenvalue weighted by molar-refractivity contribution is 0.0503. The first-order valence-corrected chi connectivity index (χ1v) is 18.9. The maximum atomic E-state index is 5.10. The van der Waals surface area contributed by atoms with Gasteiger partial charge in [-0.25, -0.2) is 0 Å². The maximum absolute atomic E-state index is 5.10. The van der Waals surface area contributed by atoms with Crippen molar-refractivity contribution in [2.24, 2.45) is 7.05 Å². The largest absolute Gasteiger partial charge is 0.379 e. The third kappa shape index (κ3) is 45.5. The van der Waals surface area contributed by atoms with Gasteiger partial charge in [0.2, 0.25) is 0 Å². The number of morpholine rings is 1. The number of hydrogen-bond donors (Lipinski definition) is 0. The Morgan fingerprint density at radius 3 is 0.750 bits per heavy atom. The zero-order chi connectivity index (χ0) is 34.9. The third-order valence-electron chi connectivity index (χ3n) is 6.73. The fourth-order valence-electron chi connectivity index (χ4n) is 4.23. The van der Waals surface area contributed by atoms with E-state index in [1.165, 1.54) is 97.1 Å². The SMILES string of the molecule is CC.CC.CC.CC.CC.CN1CCCC1.CN1CCCCC1.CN1CCCCCC1.CN1CCOCC1.Cn1cccc1. The highest BCUT2D eigenvalue weighted by molar-refractivity contribution is 4.88. The Balaban J connectivity index is -0.000000135. The van der Waals surface area contributed by atoms with E-state index in [2.05, 4.69) is 47.8 Å². The monoisotopic (exact) mass is 630 g/mol. The van der Waals surface area contributed by atoms with E-state index in [-0.39, 0.29) is 0 Å². The van der Waals surface area contributed by atoms with Gasteiger partial charge in [-0.3, -0.25) is 0 Å². The number of nitrogens with zero attached hydrogens (tertiary/aromatic N) is 5. The van der Waals surface area contributed by atoms with Gasteiger partial charge in [0.25, 0.3) is 0 Å². The summed E-state index contributed by atoms with van der Waals surface area (Å²) in [6, 6.07) is 4.00. The van der Waals surface area contributed by atoms with E-state index in [9.17, 15) is 0 Å². The Labute approximate surface area is 280 Å². The zero-order valence-electron chi connectivity index (χ0n) is 33.4. The van der Waals surface area contributed by atoms with Crippen LogP contribution in [0.4, 0.5) is 0 Å². The van der Waals surface area contributed by atoms with Crippen molar-refractivity contribution in [2.75, 3.05) is 93.8 Å². The highest BCUT2D eigenvalue weighted by Gasteiger charge is 2.04. The van der Waals surface area contributed by atoms with Crippen LogP contribution in [0, 0.1) is 0 Å². The molecule has 0 amide bonds. The third-order valence-corrected chi connectivity index (χ3v) is 6.73. The first-order chi connectivity index (χ1) is 21.5. The van der Waals surface area contributed by atoms with Gasteiger partial charge in [0.15, 0.2) is 0 Å². The molecule has 0 bridgehead atoms. The van der Waals surface area contributed by atoms with Crippen molar-refractivity contribution in [2.45, 2.75) is 127 Å². The van der Waals surface area contributed by atoms with Gasteiger partial charge in [-0.2, -0.15) is 0 Å². The van der Waals surface area contributed by atoms with Gasteiger partial charge in [0.1, 0.15) is 0 Å². The summed E-state index contributed by atoms with van der Waals surface area (Å²) >= 11 is 0. The number of likely N-dealkylation sites (N-methyl/N-ethyl adjacent to an activating group) is 1. The van der Waals surface area contributed by atoms with E-state index < -0.39 is 0 Å². The Hall–Kier alpha value is -0.920. The quantitative estimate of drug-likeness (QED) is 0.285. The lowest BCUT2D eigenvalue weighted by Crippen LogP contribution is -2.32. The van der Waals surface area contributed by atoms with Crippen molar-refractivity contribution in [3.8, 4) is 0 Å². The van der Waals surface area contributed by atoms with Crippen LogP contribution in [0.1, 0.15) is 127 Å². The molecular formula is C38H87N5O. The summed E-state index contributed by atoms with van der Waals surface area (Å²) in [5, 5.41) is 0. The summed E-state index contributed by atoms with van der Waals surface area (Å²) in [6.07, 6.45) is 16.8. The Bertz CT molecular complexity index is 499. The molecule has 0 atom stereocenters. The summed E-state index contributed by atoms with van der Waals surface area (Å²) in [4.78, 5) is 9.44. The lowest BCUT2D eigenvalue weighted by Gasteiger charge is -2.21. The van der Waals surface area contributed by atoms with E-state index in [0.717, 1.165) is 26.3 Å². The van der Waals surface area contributed by atoms with Crippen LogP contribution in [0.25, 0.3) is 0 Å². The number of ether oxygens (including phenoxy) is 1. The van der Waals surface area contributed by atoms with Gasteiger partial charge in [-0.1, -0.05) is 88.5 Å². The Morgan fingerprint density at radius 2 is 0.568 bits per heavy atom. The zero-order valence-corrected chi connectivity index (χ0v) is 33.4. The minimum Gasteiger partial charge on any atom is -0.379 e.